The van der Waals surface area contributed by atoms with E-state index in [-0.39, 0.29) is 24.0 Å². The minimum atomic E-state index is 0. The highest BCUT2D eigenvalue weighted by atomic mass is 127. The van der Waals surface area contributed by atoms with E-state index in [0.29, 0.717) is 24.1 Å². The molecule has 1 aromatic heterocycles. The second-order valence-electron chi connectivity index (χ2n) is 6.38. The van der Waals surface area contributed by atoms with Gasteiger partial charge in [0.05, 0.1) is 20.5 Å². The zero-order valence-electron chi connectivity index (χ0n) is 15.9. The molecule has 1 aliphatic carbocycles. The summed E-state index contributed by atoms with van der Waals surface area (Å²) in [5.41, 5.74) is 0.907. The SMILES string of the molecule is COc1ccc(NC(=NCCc2ccco2)NC2CCCC2)cc1OC.I. The molecule has 0 radical (unpaired) electrons. The van der Waals surface area contributed by atoms with Gasteiger partial charge in [-0.1, -0.05) is 12.8 Å². The van der Waals surface area contributed by atoms with Gasteiger partial charge < -0.3 is 24.5 Å². The molecule has 1 aromatic carbocycles. The first-order valence-electron chi connectivity index (χ1n) is 9.11. The van der Waals surface area contributed by atoms with Crippen molar-refractivity contribution in [3.8, 4) is 11.5 Å². The van der Waals surface area contributed by atoms with Crippen LogP contribution < -0.4 is 20.1 Å². The summed E-state index contributed by atoms with van der Waals surface area (Å²) in [6.07, 6.45) is 7.38. The lowest BCUT2D eigenvalue weighted by Crippen LogP contribution is -2.38. The highest BCUT2D eigenvalue weighted by Gasteiger charge is 2.16. The minimum absolute atomic E-state index is 0. The predicted molar refractivity (Wildman–Crippen MR) is 119 cm³/mol. The quantitative estimate of drug-likeness (QED) is 0.345. The van der Waals surface area contributed by atoms with Crippen molar-refractivity contribution in [2.45, 2.75) is 38.1 Å². The Morgan fingerprint density at radius 1 is 1.15 bits per heavy atom. The first kappa shape index (κ1) is 21.4. The third-order valence-corrected chi connectivity index (χ3v) is 4.55. The predicted octanol–water partition coefficient (Wildman–Crippen LogP) is 4.46. The van der Waals surface area contributed by atoms with Crippen molar-refractivity contribution in [2.24, 2.45) is 4.99 Å². The standard InChI is InChI=1S/C20H27N3O3.HI/c1-24-18-10-9-16(14-19(18)25-2)23-20(22-15-6-3-4-7-15)21-12-11-17-8-5-13-26-17;/h5,8-10,13-15H,3-4,6-7,11-12H2,1-2H3,(H2,21,22,23);1H. The summed E-state index contributed by atoms with van der Waals surface area (Å²) in [6, 6.07) is 10.1. The van der Waals surface area contributed by atoms with Crippen LogP contribution in [0.2, 0.25) is 0 Å². The maximum atomic E-state index is 5.38. The van der Waals surface area contributed by atoms with Crippen molar-refractivity contribution in [2.75, 3.05) is 26.1 Å². The zero-order chi connectivity index (χ0) is 18.2. The Hall–Kier alpha value is -1.90. The molecule has 7 heteroatoms. The Kier molecular flexibility index (Phi) is 8.77. The maximum absolute atomic E-state index is 5.38. The van der Waals surface area contributed by atoms with Crippen LogP contribution in [-0.2, 0) is 6.42 Å². The fraction of sp³-hybridized carbons (Fsp3) is 0.450. The molecule has 1 fully saturated rings. The van der Waals surface area contributed by atoms with E-state index >= 15 is 0 Å². The fourth-order valence-corrected chi connectivity index (χ4v) is 3.17. The third-order valence-electron chi connectivity index (χ3n) is 4.55. The van der Waals surface area contributed by atoms with Crippen molar-refractivity contribution in [1.82, 2.24) is 5.32 Å². The molecule has 0 aliphatic heterocycles. The number of guanidine groups is 1. The van der Waals surface area contributed by atoms with Gasteiger partial charge in [-0.3, -0.25) is 4.99 Å². The monoisotopic (exact) mass is 485 g/mol. The van der Waals surface area contributed by atoms with Crippen molar-refractivity contribution < 1.29 is 13.9 Å². The molecular weight excluding hydrogens is 457 g/mol. The van der Waals surface area contributed by atoms with E-state index < -0.39 is 0 Å². The van der Waals surface area contributed by atoms with Gasteiger partial charge in [0.25, 0.3) is 0 Å². The molecule has 1 saturated carbocycles. The highest BCUT2D eigenvalue weighted by Crippen LogP contribution is 2.29. The molecule has 0 bridgehead atoms. The molecule has 2 N–H and O–H groups in total. The van der Waals surface area contributed by atoms with Crippen molar-refractivity contribution in [3.63, 3.8) is 0 Å². The van der Waals surface area contributed by atoms with Gasteiger partial charge in [-0.25, -0.2) is 0 Å². The fourth-order valence-electron chi connectivity index (χ4n) is 3.17. The van der Waals surface area contributed by atoms with Gasteiger partial charge in [0, 0.05) is 30.8 Å². The van der Waals surface area contributed by atoms with Gasteiger partial charge in [-0.05, 0) is 37.1 Å². The van der Waals surface area contributed by atoms with Crippen LogP contribution in [0.3, 0.4) is 0 Å². The average Bonchev–Trinajstić information content (AvgIpc) is 3.35. The van der Waals surface area contributed by atoms with Crippen molar-refractivity contribution in [1.29, 1.82) is 0 Å². The lowest BCUT2D eigenvalue weighted by Gasteiger charge is -2.18. The third kappa shape index (κ3) is 6.34. The van der Waals surface area contributed by atoms with Crippen molar-refractivity contribution >= 4 is 35.6 Å². The molecule has 1 aliphatic rings. The van der Waals surface area contributed by atoms with Crippen LogP contribution in [-0.4, -0.2) is 32.8 Å². The Morgan fingerprint density at radius 2 is 1.93 bits per heavy atom. The summed E-state index contributed by atoms with van der Waals surface area (Å²) in [4.78, 5) is 4.72. The maximum Gasteiger partial charge on any atom is 0.196 e. The molecule has 6 nitrogen and oxygen atoms in total. The van der Waals surface area contributed by atoms with E-state index in [1.807, 2.05) is 30.3 Å². The lowest BCUT2D eigenvalue weighted by molar-refractivity contribution is 0.355. The van der Waals surface area contributed by atoms with Crippen molar-refractivity contribution in [3.05, 3.63) is 42.4 Å². The summed E-state index contributed by atoms with van der Waals surface area (Å²) in [6.45, 7) is 0.656. The highest BCUT2D eigenvalue weighted by molar-refractivity contribution is 14.0. The van der Waals surface area contributed by atoms with E-state index in [2.05, 4.69) is 10.6 Å². The van der Waals surface area contributed by atoms with Gasteiger partial charge in [0.1, 0.15) is 5.76 Å². The van der Waals surface area contributed by atoms with Crippen LogP contribution in [0.4, 0.5) is 5.69 Å². The molecule has 0 amide bonds. The van der Waals surface area contributed by atoms with Crippen LogP contribution in [0, 0.1) is 0 Å². The zero-order valence-corrected chi connectivity index (χ0v) is 18.2. The molecule has 0 atom stereocenters. The number of aliphatic imine (C=N–C) groups is 1. The second kappa shape index (κ2) is 11.1. The Balaban J connectivity index is 0.00000261. The Bertz CT molecular complexity index is 713. The summed E-state index contributed by atoms with van der Waals surface area (Å²) >= 11 is 0. The molecule has 3 rings (SSSR count). The Labute approximate surface area is 177 Å². The molecule has 148 valence electrons. The number of anilines is 1. The molecule has 2 aromatic rings. The molecule has 0 spiro atoms. The number of hydrogen-bond acceptors (Lipinski definition) is 4. The summed E-state index contributed by atoms with van der Waals surface area (Å²) in [5, 5.41) is 6.93. The summed E-state index contributed by atoms with van der Waals surface area (Å²) < 4.78 is 16.1. The first-order chi connectivity index (χ1) is 12.8. The van der Waals surface area contributed by atoms with Gasteiger partial charge in [-0.15, -0.1) is 24.0 Å². The van der Waals surface area contributed by atoms with Crippen LogP contribution in [0.15, 0.2) is 46.0 Å². The number of methoxy groups -OCH3 is 2. The summed E-state index contributed by atoms with van der Waals surface area (Å²) in [5.74, 6) is 3.13. The van der Waals surface area contributed by atoms with Crippen LogP contribution in [0.5, 0.6) is 11.5 Å². The van der Waals surface area contributed by atoms with Crippen LogP contribution >= 0.6 is 24.0 Å². The number of furan rings is 1. The van der Waals surface area contributed by atoms with Gasteiger partial charge in [0.15, 0.2) is 17.5 Å². The Morgan fingerprint density at radius 3 is 2.59 bits per heavy atom. The number of halogens is 1. The largest absolute Gasteiger partial charge is 0.493 e. The first-order valence-corrected chi connectivity index (χ1v) is 9.11. The van der Waals surface area contributed by atoms with E-state index in [0.717, 1.165) is 23.8 Å². The van der Waals surface area contributed by atoms with E-state index in [9.17, 15) is 0 Å². The second-order valence-corrected chi connectivity index (χ2v) is 6.38. The minimum Gasteiger partial charge on any atom is -0.493 e. The number of hydrogen-bond donors (Lipinski definition) is 2. The average molecular weight is 485 g/mol. The smallest absolute Gasteiger partial charge is 0.196 e. The van der Waals surface area contributed by atoms with Gasteiger partial charge in [0.2, 0.25) is 0 Å². The molecule has 0 saturated heterocycles. The molecule has 27 heavy (non-hydrogen) atoms. The summed E-state index contributed by atoms with van der Waals surface area (Å²) in [7, 11) is 3.27. The number of rotatable bonds is 7. The number of ether oxygens (including phenoxy) is 2. The molecule has 1 heterocycles. The normalized spacial score (nSPS) is 14.5. The van der Waals surface area contributed by atoms with Gasteiger partial charge >= 0.3 is 0 Å². The van der Waals surface area contributed by atoms with Gasteiger partial charge in [-0.2, -0.15) is 0 Å². The van der Waals surface area contributed by atoms with E-state index in [4.69, 9.17) is 18.9 Å². The topological polar surface area (TPSA) is 68.0 Å². The number of nitrogens with one attached hydrogen (secondary N) is 2. The van der Waals surface area contributed by atoms with Crippen LogP contribution in [0.1, 0.15) is 31.4 Å². The van der Waals surface area contributed by atoms with E-state index in [1.165, 1.54) is 25.7 Å². The van der Waals surface area contributed by atoms with Crippen LogP contribution in [0.25, 0.3) is 0 Å². The molecular formula is C20H28IN3O3. The number of benzene rings is 1. The lowest BCUT2D eigenvalue weighted by atomic mass is 10.2. The number of nitrogens with zero attached hydrogens (tertiary/aromatic N) is 1. The van der Waals surface area contributed by atoms with E-state index in [1.54, 1.807) is 20.5 Å². The molecule has 0 unspecified atom stereocenters.